The van der Waals surface area contributed by atoms with Crippen molar-refractivity contribution >= 4 is 30.5 Å². The third-order valence-corrected chi connectivity index (χ3v) is 14.7. The summed E-state index contributed by atoms with van der Waals surface area (Å²) in [5, 5.41) is 31.1. The molecule has 2 aliphatic rings. The van der Waals surface area contributed by atoms with Gasteiger partial charge < -0.3 is 19.5 Å². The predicted molar refractivity (Wildman–Crippen MR) is 193 cm³/mol. The number of carbonyl (C=O) groups is 1. The first-order valence-electron chi connectivity index (χ1n) is 17.1. The molecule has 2 aliphatic heterocycles. The van der Waals surface area contributed by atoms with Gasteiger partial charge in [0.25, 0.3) is 11.6 Å². The number of anilines is 1. The van der Waals surface area contributed by atoms with E-state index in [1.807, 2.05) is 18.3 Å². The molecular formula is C37H49N5O6Si. The maximum atomic E-state index is 14.9. The first-order valence-corrected chi connectivity index (χ1v) is 20.1. The second kappa shape index (κ2) is 14.8. The molecule has 1 fully saturated rings. The number of fused-ring (bicyclic) bond motifs is 2. The Bertz CT molecular complexity index is 1730. The van der Waals surface area contributed by atoms with Gasteiger partial charge in [-0.15, -0.1) is 5.10 Å². The van der Waals surface area contributed by atoms with E-state index in [9.17, 15) is 20.0 Å². The first-order chi connectivity index (χ1) is 23.3. The van der Waals surface area contributed by atoms with Crippen LogP contribution in [0.5, 0.6) is 5.75 Å². The van der Waals surface area contributed by atoms with Gasteiger partial charge in [-0.1, -0.05) is 65.8 Å². The molecule has 49 heavy (non-hydrogen) atoms. The molecule has 12 heteroatoms. The average molecular weight is 688 g/mol. The molecule has 2 aromatic carbocycles. The number of methoxy groups -OCH3 is 1. The fraction of sp³-hybridized carbons (Fsp3) is 0.486. The molecule has 11 nitrogen and oxygen atoms in total. The van der Waals surface area contributed by atoms with E-state index in [1.165, 1.54) is 22.4 Å². The van der Waals surface area contributed by atoms with Crippen molar-refractivity contribution in [2.24, 2.45) is 5.92 Å². The number of ether oxygens (including phenoxy) is 2. The van der Waals surface area contributed by atoms with Crippen LogP contribution < -0.4 is 14.8 Å². The molecule has 1 N–H and O–H groups in total. The first kappa shape index (κ1) is 36.2. The summed E-state index contributed by atoms with van der Waals surface area (Å²) in [7, 11) is -0.750. The van der Waals surface area contributed by atoms with Crippen LogP contribution in [0.25, 0.3) is 0 Å². The van der Waals surface area contributed by atoms with Crippen molar-refractivity contribution in [1.29, 1.82) is 0 Å². The van der Waals surface area contributed by atoms with Gasteiger partial charge in [0.05, 0.1) is 37.6 Å². The molecule has 262 valence electrons. The Balaban J connectivity index is 1.57. The standard InChI is InChI=1S/C37H49N5O6Si/c1-25(2)9-8-10-26(3)17-21-41-33-16-11-29(42(45)46)23-32(33)37(36(41)44)27(4)35(49(6,7)31-14-12-30(47-5)13-15-31)34(48-37)18-20-40-24-28(19-22-43)38-39-40/h9,11-17,23-24,27,34-35,43H,8,10,18-22H2,1-7H3/b26-17+/t27-,34+,35-,37+/m1/s1. The van der Waals surface area contributed by atoms with Gasteiger partial charge in [0.15, 0.2) is 5.60 Å². The quantitative estimate of drug-likeness (QED) is 0.0934. The van der Waals surface area contributed by atoms with E-state index in [-0.39, 0.29) is 35.8 Å². The van der Waals surface area contributed by atoms with Gasteiger partial charge in [0.1, 0.15) is 5.75 Å². The lowest BCUT2D eigenvalue weighted by Crippen LogP contribution is -2.52. The van der Waals surface area contributed by atoms with E-state index >= 15 is 0 Å². The smallest absolute Gasteiger partial charge is 0.269 e. The Kier molecular flexibility index (Phi) is 10.9. The Morgan fingerprint density at radius 2 is 1.90 bits per heavy atom. The zero-order valence-corrected chi connectivity index (χ0v) is 30.7. The summed E-state index contributed by atoms with van der Waals surface area (Å²) in [4.78, 5) is 28.3. The lowest BCUT2D eigenvalue weighted by Gasteiger charge is -2.37. The van der Waals surface area contributed by atoms with Crippen LogP contribution in [0.15, 0.2) is 72.0 Å². The van der Waals surface area contributed by atoms with Crippen molar-refractivity contribution < 1.29 is 24.3 Å². The molecule has 0 bridgehead atoms. The number of rotatable bonds is 14. The van der Waals surface area contributed by atoms with Crippen LogP contribution in [0.3, 0.4) is 0 Å². The highest BCUT2D eigenvalue weighted by Crippen LogP contribution is 2.60. The van der Waals surface area contributed by atoms with Crippen LogP contribution in [0.1, 0.15) is 58.2 Å². The molecular weight excluding hydrogens is 639 g/mol. The number of hydrogen-bond donors (Lipinski definition) is 1. The second-order valence-corrected chi connectivity index (χ2v) is 18.8. The van der Waals surface area contributed by atoms with Crippen LogP contribution in [-0.2, 0) is 28.1 Å². The van der Waals surface area contributed by atoms with Gasteiger partial charge in [-0.3, -0.25) is 19.6 Å². The van der Waals surface area contributed by atoms with Gasteiger partial charge in [0.2, 0.25) is 0 Å². The van der Waals surface area contributed by atoms with Gasteiger partial charge >= 0.3 is 0 Å². The minimum absolute atomic E-state index is 0.0114. The zero-order valence-electron chi connectivity index (χ0n) is 29.7. The average Bonchev–Trinajstić information content (AvgIpc) is 3.71. The summed E-state index contributed by atoms with van der Waals surface area (Å²) in [6, 6.07) is 12.9. The summed E-state index contributed by atoms with van der Waals surface area (Å²) in [5.41, 5.74) is 2.88. The number of aliphatic hydroxyl groups excluding tert-OH is 1. The highest BCUT2D eigenvalue weighted by Gasteiger charge is 2.66. The van der Waals surface area contributed by atoms with Crippen LogP contribution in [0, 0.1) is 16.0 Å². The van der Waals surface area contributed by atoms with E-state index < -0.39 is 18.6 Å². The molecule has 1 spiro atoms. The van der Waals surface area contributed by atoms with E-state index in [0.717, 1.165) is 18.6 Å². The maximum Gasteiger partial charge on any atom is 0.269 e. The SMILES string of the molecule is COc1ccc([Si](C)(C)[C@H]2[C@H](CCn3cc(CCO)nn3)O[C@@]3(C(=O)N(C/C=C(\C)CCC=C(C)C)c4ccc([N+](=O)[O-])cc43)[C@@H]2C)cc1. The highest BCUT2D eigenvalue weighted by atomic mass is 28.3. The Morgan fingerprint density at radius 1 is 1.16 bits per heavy atom. The van der Waals surface area contributed by atoms with E-state index in [0.29, 0.717) is 42.9 Å². The summed E-state index contributed by atoms with van der Waals surface area (Å²) in [6.45, 7) is 13.8. The van der Waals surface area contributed by atoms with Crippen LogP contribution in [-0.4, -0.2) is 65.4 Å². The Labute approximate surface area is 289 Å². The van der Waals surface area contributed by atoms with Crippen LogP contribution in [0.2, 0.25) is 18.6 Å². The van der Waals surface area contributed by atoms with Gasteiger partial charge in [0, 0.05) is 55.9 Å². The number of amides is 1. The van der Waals surface area contributed by atoms with Crippen LogP contribution in [0.4, 0.5) is 11.4 Å². The third kappa shape index (κ3) is 7.13. The third-order valence-electron chi connectivity index (χ3n) is 10.3. The zero-order chi connectivity index (χ0) is 35.5. The van der Waals surface area contributed by atoms with E-state index in [1.54, 1.807) is 28.8 Å². The monoisotopic (exact) mass is 687 g/mol. The van der Waals surface area contributed by atoms with Gasteiger partial charge in [-0.25, -0.2) is 0 Å². The number of nitro groups is 1. The number of non-ortho nitro benzene ring substituents is 1. The molecule has 1 saturated heterocycles. The molecule has 0 unspecified atom stereocenters. The van der Waals surface area contributed by atoms with Gasteiger partial charge in [-0.2, -0.15) is 0 Å². The van der Waals surface area contributed by atoms with Crippen molar-refractivity contribution in [2.45, 2.75) is 90.3 Å². The molecule has 0 radical (unpaired) electrons. The number of aryl methyl sites for hydroxylation is 1. The summed E-state index contributed by atoms with van der Waals surface area (Å²) >= 11 is 0. The number of hydrogen-bond acceptors (Lipinski definition) is 8. The van der Waals surface area contributed by atoms with Crippen molar-refractivity contribution in [1.82, 2.24) is 15.0 Å². The van der Waals surface area contributed by atoms with Crippen LogP contribution >= 0.6 is 0 Å². The number of aliphatic hydroxyl groups is 1. The molecule has 3 heterocycles. The number of nitro benzene ring substituents is 1. The van der Waals surface area contributed by atoms with Crippen molar-refractivity contribution in [3.63, 3.8) is 0 Å². The largest absolute Gasteiger partial charge is 0.497 e. The van der Waals surface area contributed by atoms with Crippen molar-refractivity contribution in [3.8, 4) is 5.75 Å². The number of carbonyl (C=O) groups excluding carboxylic acids is 1. The number of allylic oxidation sites excluding steroid dienone is 3. The maximum absolute atomic E-state index is 14.9. The number of benzene rings is 2. The van der Waals surface area contributed by atoms with E-state index in [2.05, 4.69) is 75.4 Å². The molecule has 1 aromatic heterocycles. The summed E-state index contributed by atoms with van der Waals surface area (Å²) in [6.07, 6.45) is 8.56. The Hall–Kier alpha value is -4.13. The highest BCUT2D eigenvalue weighted by molar-refractivity contribution is 6.91. The minimum Gasteiger partial charge on any atom is -0.497 e. The lowest BCUT2D eigenvalue weighted by molar-refractivity contribution is -0.385. The second-order valence-electron chi connectivity index (χ2n) is 14.1. The van der Waals surface area contributed by atoms with E-state index in [4.69, 9.17) is 9.47 Å². The lowest BCUT2D eigenvalue weighted by atomic mass is 9.82. The fourth-order valence-corrected chi connectivity index (χ4v) is 11.8. The predicted octanol–water partition coefficient (Wildman–Crippen LogP) is 6.08. The minimum atomic E-state index is -2.40. The molecule has 4 atom stereocenters. The molecule has 0 aliphatic carbocycles. The molecule has 3 aromatic rings. The normalized spacial score (nSPS) is 22.1. The molecule has 1 amide bonds. The number of nitrogens with zero attached hydrogens (tertiary/aromatic N) is 5. The van der Waals surface area contributed by atoms with Crippen molar-refractivity contribution in [3.05, 3.63) is 93.3 Å². The molecule has 0 saturated carbocycles. The van der Waals surface area contributed by atoms with Crippen molar-refractivity contribution in [2.75, 3.05) is 25.2 Å². The summed E-state index contributed by atoms with van der Waals surface area (Å²) < 4.78 is 14.3. The fourth-order valence-electron chi connectivity index (χ4n) is 7.74. The Morgan fingerprint density at radius 3 is 2.55 bits per heavy atom. The topological polar surface area (TPSA) is 133 Å². The summed E-state index contributed by atoms with van der Waals surface area (Å²) in [5.74, 6) is 0.305. The molecule has 5 rings (SSSR count). The van der Waals surface area contributed by atoms with Gasteiger partial charge in [-0.05, 0) is 63.8 Å². The number of aromatic nitrogens is 3.